The smallest absolute Gasteiger partial charge is 0.408 e. The number of aromatic nitrogens is 2. The van der Waals surface area contributed by atoms with E-state index in [4.69, 9.17) is 19.9 Å². The first kappa shape index (κ1) is 39.9. The van der Waals surface area contributed by atoms with Gasteiger partial charge in [0.1, 0.15) is 34.9 Å². The largest absolute Gasteiger partial charge is 0.497 e. The van der Waals surface area contributed by atoms with Crippen molar-refractivity contribution < 1.29 is 33.4 Å². The summed E-state index contributed by atoms with van der Waals surface area (Å²) in [6, 6.07) is 18.2. The molecule has 0 saturated carbocycles. The molecular weight excluding hydrogens is 700 g/mol. The number of methoxy groups -OCH3 is 1. The van der Waals surface area contributed by atoms with Crippen LogP contribution in [0, 0.1) is 18.8 Å². The van der Waals surface area contributed by atoms with Crippen LogP contribution in [0.2, 0.25) is 0 Å². The van der Waals surface area contributed by atoms with Crippen LogP contribution in [0.3, 0.4) is 0 Å². The summed E-state index contributed by atoms with van der Waals surface area (Å²) >= 11 is 0. The van der Waals surface area contributed by atoms with Crippen molar-refractivity contribution in [3.63, 3.8) is 0 Å². The van der Waals surface area contributed by atoms with Crippen LogP contribution < -0.4 is 25.8 Å². The van der Waals surface area contributed by atoms with E-state index in [1.807, 2.05) is 31.2 Å². The molecule has 13 heteroatoms. The Hall–Kier alpha value is -6.29. The van der Waals surface area contributed by atoms with E-state index in [1.54, 1.807) is 93.2 Å². The number of amides is 4. The third-order valence-corrected chi connectivity index (χ3v) is 8.76. The molecule has 3 aromatic carbocycles. The number of alkyl carbamates (subject to hydrolysis) is 1. The Labute approximate surface area is 321 Å². The maximum atomic E-state index is 14.1. The average molecular weight is 749 g/mol. The fourth-order valence-electron chi connectivity index (χ4n) is 6.20. The fraction of sp³-hybridized carbons (Fsp3) is 0.357. The maximum Gasteiger partial charge on any atom is 0.408 e. The first-order valence-electron chi connectivity index (χ1n) is 18.1. The van der Waals surface area contributed by atoms with Crippen molar-refractivity contribution in [3.05, 3.63) is 95.2 Å². The zero-order valence-electron chi connectivity index (χ0n) is 32.1. The standard InChI is InChI=1S/C42H48N6O7/c1-27-10-21-36(54-26-37(43)49)33(23-27)38-30(25-47(5)46-38)16-11-28-12-17-31(18-13-28)44-39(50)35-9-7-8-22-48(35)40(51)34(45-41(52)55-42(2,3)4)24-29-14-19-32(53-6)20-15-29/h10,12-15,17-21,23,25,34-35H,7-9,22,24,26H2,1-6H3,(H2,43,49)(H,44,50)(H,45,52)/t34-,35?/m0/s1. The van der Waals surface area contributed by atoms with E-state index in [2.05, 4.69) is 27.6 Å². The SMILES string of the molecule is COc1ccc(C[C@H](NC(=O)OC(C)(C)C)C(=O)N2CCCCC2C(=O)Nc2ccc(C#Cc3cn(C)nc3-c3cc(C)ccc3OCC(N)=O)cc2)cc1. The van der Waals surface area contributed by atoms with Gasteiger partial charge in [0.2, 0.25) is 11.8 Å². The van der Waals surface area contributed by atoms with Gasteiger partial charge in [-0.05, 0) is 101 Å². The van der Waals surface area contributed by atoms with Crippen LogP contribution in [-0.2, 0) is 32.6 Å². The van der Waals surface area contributed by atoms with Crippen LogP contribution in [0.4, 0.5) is 10.5 Å². The number of nitrogens with two attached hydrogens (primary N) is 1. The number of piperidine rings is 1. The number of ether oxygens (including phenoxy) is 3. The summed E-state index contributed by atoms with van der Waals surface area (Å²) in [6.45, 7) is 7.31. The quantitative estimate of drug-likeness (QED) is 0.178. The Morgan fingerprint density at radius 2 is 1.73 bits per heavy atom. The van der Waals surface area contributed by atoms with Gasteiger partial charge < -0.3 is 35.5 Å². The van der Waals surface area contributed by atoms with Crippen LogP contribution in [0.5, 0.6) is 11.5 Å². The number of carbonyl (C=O) groups excluding carboxylic acids is 4. The highest BCUT2D eigenvalue weighted by Crippen LogP contribution is 2.32. The summed E-state index contributed by atoms with van der Waals surface area (Å²) in [5.41, 5.74) is 9.53. The maximum absolute atomic E-state index is 14.1. The Kier molecular flexibility index (Phi) is 12.8. The van der Waals surface area contributed by atoms with E-state index in [0.29, 0.717) is 52.5 Å². The summed E-state index contributed by atoms with van der Waals surface area (Å²) in [7, 11) is 3.37. The van der Waals surface area contributed by atoms with Gasteiger partial charge in [-0.1, -0.05) is 35.6 Å². The summed E-state index contributed by atoms with van der Waals surface area (Å²) in [5, 5.41) is 10.3. The van der Waals surface area contributed by atoms with Gasteiger partial charge in [-0.3, -0.25) is 19.1 Å². The molecule has 1 unspecified atom stereocenters. The molecule has 4 N–H and O–H groups in total. The molecule has 55 heavy (non-hydrogen) atoms. The Bertz CT molecular complexity index is 2070. The van der Waals surface area contributed by atoms with Crippen LogP contribution in [-0.4, -0.2) is 76.4 Å². The first-order chi connectivity index (χ1) is 26.2. The highest BCUT2D eigenvalue weighted by molar-refractivity contribution is 5.98. The van der Waals surface area contributed by atoms with Crippen molar-refractivity contribution in [2.75, 3.05) is 25.6 Å². The first-order valence-corrected chi connectivity index (χ1v) is 18.1. The van der Waals surface area contributed by atoms with E-state index < -0.39 is 29.7 Å². The lowest BCUT2D eigenvalue weighted by atomic mass is 9.98. The summed E-state index contributed by atoms with van der Waals surface area (Å²) in [6.07, 6.45) is 3.27. The summed E-state index contributed by atoms with van der Waals surface area (Å²) < 4.78 is 18.1. The highest BCUT2D eigenvalue weighted by atomic mass is 16.6. The summed E-state index contributed by atoms with van der Waals surface area (Å²) in [4.78, 5) is 53.7. The number of likely N-dealkylation sites (tertiary alicyclic amines) is 1. The number of nitrogens with one attached hydrogen (secondary N) is 2. The molecule has 13 nitrogen and oxygen atoms in total. The molecule has 0 spiro atoms. The summed E-state index contributed by atoms with van der Waals surface area (Å²) in [5.74, 6) is 6.23. The minimum Gasteiger partial charge on any atom is -0.497 e. The van der Waals surface area contributed by atoms with Gasteiger partial charge in [-0.2, -0.15) is 5.10 Å². The van der Waals surface area contributed by atoms with Gasteiger partial charge in [-0.15, -0.1) is 0 Å². The van der Waals surface area contributed by atoms with Gasteiger partial charge in [0.15, 0.2) is 6.61 Å². The zero-order chi connectivity index (χ0) is 39.7. The Balaban J connectivity index is 1.30. The molecule has 0 bridgehead atoms. The van der Waals surface area contributed by atoms with Crippen molar-refractivity contribution in [2.24, 2.45) is 12.8 Å². The average Bonchev–Trinajstić information content (AvgIpc) is 3.52. The number of carbonyl (C=O) groups is 4. The van der Waals surface area contributed by atoms with Gasteiger partial charge in [0.25, 0.3) is 5.91 Å². The molecule has 4 aromatic rings. The molecule has 4 amide bonds. The predicted molar refractivity (Wildman–Crippen MR) is 208 cm³/mol. The third kappa shape index (κ3) is 11.1. The lowest BCUT2D eigenvalue weighted by Gasteiger charge is -2.37. The number of nitrogens with zero attached hydrogens (tertiary/aromatic N) is 3. The molecule has 288 valence electrons. The number of aryl methyl sites for hydroxylation is 2. The van der Waals surface area contributed by atoms with Crippen LogP contribution >= 0.6 is 0 Å². The third-order valence-electron chi connectivity index (χ3n) is 8.76. The Morgan fingerprint density at radius 1 is 1.00 bits per heavy atom. The van der Waals surface area contributed by atoms with Crippen molar-refractivity contribution in [1.29, 1.82) is 0 Å². The number of anilines is 1. The lowest BCUT2D eigenvalue weighted by molar-refractivity contribution is -0.142. The molecule has 0 aliphatic carbocycles. The van der Waals surface area contributed by atoms with Crippen LogP contribution in [0.1, 0.15) is 62.3 Å². The second-order valence-corrected chi connectivity index (χ2v) is 14.4. The molecule has 1 aliphatic rings. The number of primary amides is 1. The molecule has 1 aliphatic heterocycles. The molecule has 5 rings (SSSR count). The molecule has 2 atom stereocenters. The van der Waals surface area contributed by atoms with Crippen LogP contribution in [0.15, 0.2) is 72.9 Å². The van der Waals surface area contributed by atoms with Crippen molar-refractivity contribution in [1.82, 2.24) is 20.0 Å². The van der Waals surface area contributed by atoms with E-state index in [-0.39, 0.29) is 24.8 Å². The second-order valence-electron chi connectivity index (χ2n) is 14.4. The topological polar surface area (TPSA) is 167 Å². The molecule has 0 radical (unpaired) electrons. The van der Waals surface area contributed by atoms with Crippen molar-refractivity contribution >= 4 is 29.5 Å². The van der Waals surface area contributed by atoms with Crippen molar-refractivity contribution in [3.8, 4) is 34.6 Å². The molecule has 2 heterocycles. The second kappa shape index (κ2) is 17.7. The minimum absolute atomic E-state index is 0.200. The minimum atomic E-state index is -0.963. The van der Waals surface area contributed by atoms with Crippen molar-refractivity contribution in [2.45, 2.75) is 71.1 Å². The van der Waals surface area contributed by atoms with Crippen LogP contribution in [0.25, 0.3) is 11.3 Å². The van der Waals surface area contributed by atoms with Gasteiger partial charge in [0.05, 0.1) is 12.7 Å². The van der Waals surface area contributed by atoms with E-state index in [0.717, 1.165) is 24.0 Å². The van der Waals surface area contributed by atoms with E-state index >= 15 is 0 Å². The normalized spacial score (nSPS) is 14.5. The fourth-order valence-corrected chi connectivity index (χ4v) is 6.20. The number of benzene rings is 3. The molecule has 1 saturated heterocycles. The van der Waals surface area contributed by atoms with Gasteiger partial charge in [0, 0.05) is 43.0 Å². The molecule has 1 fully saturated rings. The van der Waals surface area contributed by atoms with E-state index in [9.17, 15) is 19.2 Å². The molecular formula is C42H48N6O7. The van der Waals surface area contributed by atoms with Gasteiger partial charge in [-0.25, -0.2) is 4.79 Å². The number of hydrogen-bond acceptors (Lipinski definition) is 8. The lowest BCUT2D eigenvalue weighted by Crippen LogP contribution is -2.57. The number of rotatable bonds is 11. The Morgan fingerprint density at radius 3 is 2.40 bits per heavy atom. The van der Waals surface area contributed by atoms with E-state index in [1.165, 1.54) is 0 Å². The highest BCUT2D eigenvalue weighted by Gasteiger charge is 2.37. The monoisotopic (exact) mass is 748 g/mol. The molecule has 1 aromatic heterocycles. The number of hydrogen-bond donors (Lipinski definition) is 3. The predicted octanol–water partition coefficient (Wildman–Crippen LogP) is 5.12. The van der Waals surface area contributed by atoms with Gasteiger partial charge >= 0.3 is 6.09 Å². The zero-order valence-corrected chi connectivity index (χ0v) is 32.1.